The van der Waals surface area contributed by atoms with Gasteiger partial charge in [-0.05, 0) is 37.0 Å². The average Bonchev–Trinajstić information content (AvgIpc) is 2.69. The van der Waals surface area contributed by atoms with Gasteiger partial charge in [0.15, 0.2) is 0 Å². The van der Waals surface area contributed by atoms with Gasteiger partial charge in [0.2, 0.25) is 5.91 Å². The van der Waals surface area contributed by atoms with Gasteiger partial charge in [0.25, 0.3) is 0 Å². The normalized spacial score (nSPS) is 16.8. The van der Waals surface area contributed by atoms with E-state index < -0.39 is 6.09 Å². The van der Waals surface area contributed by atoms with Crippen LogP contribution in [0.2, 0.25) is 0 Å². The Bertz CT molecular complexity index is 838. The molecule has 0 radical (unpaired) electrons. The number of aromatic hydroxyl groups is 1. The van der Waals surface area contributed by atoms with Crippen molar-refractivity contribution in [2.24, 2.45) is 0 Å². The highest BCUT2D eigenvalue weighted by Crippen LogP contribution is 2.22. The van der Waals surface area contributed by atoms with Crippen LogP contribution in [0.4, 0.5) is 4.79 Å². The number of hydrogen-bond donors (Lipinski definition) is 2. The van der Waals surface area contributed by atoms with Gasteiger partial charge >= 0.3 is 6.09 Å². The van der Waals surface area contributed by atoms with Crippen LogP contribution in [-0.4, -0.2) is 57.7 Å². The predicted molar refractivity (Wildman–Crippen MR) is 106 cm³/mol. The molecule has 1 heterocycles. The van der Waals surface area contributed by atoms with Crippen molar-refractivity contribution in [3.8, 4) is 5.75 Å². The molecular formula is C22H26N2O4. The summed E-state index contributed by atoms with van der Waals surface area (Å²) in [6.07, 6.45) is 0.417. The van der Waals surface area contributed by atoms with Gasteiger partial charge in [-0.3, -0.25) is 4.79 Å². The maximum absolute atomic E-state index is 12.9. The van der Waals surface area contributed by atoms with E-state index in [0.29, 0.717) is 32.5 Å². The molecule has 1 unspecified atom stereocenters. The molecule has 1 fully saturated rings. The minimum atomic E-state index is -0.949. The summed E-state index contributed by atoms with van der Waals surface area (Å²) < 4.78 is 0. The van der Waals surface area contributed by atoms with Crippen molar-refractivity contribution >= 4 is 12.0 Å². The number of piperazine rings is 1. The van der Waals surface area contributed by atoms with Crippen molar-refractivity contribution in [1.29, 1.82) is 0 Å². The lowest BCUT2D eigenvalue weighted by molar-refractivity contribution is -0.135. The molecule has 1 atom stereocenters. The van der Waals surface area contributed by atoms with Gasteiger partial charge in [-0.25, -0.2) is 4.79 Å². The SMILES string of the molecule is Cc1ccc(O)c(CCC(=O)N2CCN(C(=O)O)CC2Cc2ccccc2)c1. The van der Waals surface area contributed by atoms with Crippen molar-refractivity contribution < 1.29 is 19.8 Å². The van der Waals surface area contributed by atoms with Gasteiger partial charge in [0.1, 0.15) is 5.75 Å². The molecule has 1 saturated heterocycles. The van der Waals surface area contributed by atoms with Crippen molar-refractivity contribution in [2.45, 2.75) is 32.2 Å². The van der Waals surface area contributed by atoms with Gasteiger partial charge in [0.05, 0.1) is 6.04 Å². The zero-order valence-corrected chi connectivity index (χ0v) is 16.0. The van der Waals surface area contributed by atoms with Crippen molar-refractivity contribution in [3.05, 3.63) is 65.2 Å². The molecule has 3 rings (SSSR count). The number of phenolic OH excluding ortho intramolecular Hbond substituents is 1. The lowest BCUT2D eigenvalue weighted by Crippen LogP contribution is -2.57. The number of phenols is 1. The molecule has 1 aliphatic heterocycles. The van der Waals surface area contributed by atoms with Crippen LogP contribution in [0.25, 0.3) is 0 Å². The second kappa shape index (κ2) is 8.78. The average molecular weight is 382 g/mol. The van der Waals surface area contributed by atoms with E-state index in [0.717, 1.165) is 16.7 Å². The fourth-order valence-electron chi connectivity index (χ4n) is 3.72. The number of carbonyl (C=O) groups is 2. The Morgan fingerprint density at radius 1 is 1.11 bits per heavy atom. The first-order chi connectivity index (χ1) is 13.4. The Morgan fingerprint density at radius 3 is 2.57 bits per heavy atom. The maximum Gasteiger partial charge on any atom is 0.407 e. The van der Waals surface area contributed by atoms with Gasteiger partial charge in [-0.2, -0.15) is 0 Å². The Kier molecular flexibility index (Phi) is 6.19. The van der Waals surface area contributed by atoms with Crippen LogP contribution in [-0.2, 0) is 17.6 Å². The number of hydrogen-bond acceptors (Lipinski definition) is 3. The van der Waals surface area contributed by atoms with Gasteiger partial charge in [-0.15, -0.1) is 0 Å². The van der Waals surface area contributed by atoms with Gasteiger partial charge in [0, 0.05) is 26.1 Å². The second-order valence-corrected chi connectivity index (χ2v) is 7.29. The lowest BCUT2D eigenvalue weighted by atomic mass is 10.0. The number of carboxylic acid groups (broad SMARTS) is 1. The van der Waals surface area contributed by atoms with Gasteiger partial charge in [-0.1, -0.05) is 48.0 Å². The number of carbonyl (C=O) groups excluding carboxylic acids is 1. The number of amides is 2. The van der Waals surface area contributed by atoms with Crippen LogP contribution < -0.4 is 0 Å². The third-order valence-corrected chi connectivity index (χ3v) is 5.23. The predicted octanol–water partition coefficient (Wildman–Crippen LogP) is 3.07. The molecule has 28 heavy (non-hydrogen) atoms. The molecule has 2 aromatic rings. The smallest absolute Gasteiger partial charge is 0.407 e. The first kappa shape index (κ1) is 19.7. The minimum absolute atomic E-state index is 0.00752. The first-order valence-electron chi connectivity index (χ1n) is 9.54. The quantitative estimate of drug-likeness (QED) is 0.833. The van der Waals surface area contributed by atoms with Crippen molar-refractivity contribution in [2.75, 3.05) is 19.6 Å². The van der Waals surface area contributed by atoms with E-state index in [9.17, 15) is 19.8 Å². The molecule has 0 aliphatic carbocycles. The lowest BCUT2D eigenvalue weighted by Gasteiger charge is -2.40. The highest BCUT2D eigenvalue weighted by atomic mass is 16.4. The van der Waals surface area contributed by atoms with E-state index in [1.165, 1.54) is 4.90 Å². The van der Waals surface area contributed by atoms with E-state index >= 15 is 0 Å². The molecule has 0 spiro atoms. The van der Waals surface area contributed by atoms with E-state index in [1.807, 2.05) is 49.4 Å². The van der Waals surface area contributed by atoms with Crippen molar-refractivity contribution in [1.82, 2.24) is 9.80 Å². The molecular weight excluding hydrogens is 356 g/mol. The summed E-state index contributed by atoms with van der Waals surface area (Å²) in [5.41, 5.74) is 2.88. The van der Waals surface area contributed by atoms with Crippen molar-refractivity contribution in [3.63, 3.8) is 0 Å². The highest BCUT2D eigenvalue weighted by Gasteiger charge is 2.32. The van der Waals surface area contributed by atoms with Crippen LogP contribution in [0.15, 0.2) is 48.5 Å². The number of benzene rings is 2. The van der Waals surface area contributed by atoms with E-state index in [1.54, 1.807) is 11.0 Å². The number of aryl methyl sites for hydroxylation is 2. The number of nitrogens with zero attached hydrogens (tertiary/aromatic N) is 2. The molecule has 1 aliphatic rings. The van der Waals surface area contributed by atoms with Crippen LogP contribution in [0.5, 0.6) is 5.75 Å². The minimum Gasteiger partial charge on any atom is -0.508 e. The Balaban J connectivity index is 1.70. The van der Waals surface area contributed by atoms with E-state index in [2.05, 4.69) is 0 Å². The molecule has 0 aromatic heterocycles. The van der Waals surface area contributed by atoms with Crippen LogP contribution >= 0.6 is 0 Å². The second-order valence-electron chi connectivity index (χ2n) is 7.29. The van der Waals surface area contributed by atoms with Crippen LogP contribution in [0.3, 0.4) is 0 Å². The summed E-state index contributed by atoms with van der Waals surface area (Å²) in [5, 5.41) is 19.4. The summed E-state index contributed by atoms with van der Waals surface area (Å²) >= 11 is 0. The summed E-state index contributed by atoms with van der Waals surface area (Å²) in [7, 11) is 0. The summed E-state index contributed by atoms with van der Waals surface area (Å²) in [5.74, 6) is 0.196. The third kappa shape index (κ3) is 4.82. The summed E-state index contributed by atoms with van der Waals surface area (Å²) in [6, 6.07) is 15.0. The molecule has 2 amide bonds. The Labute approximate surface area is 165 Å². The zero-order valence-electron chi connectivity index (χ0n) is 16.0. The molecule has 0 saturated carbocycles. The van der Waals surface area contributed by atoms with Crippen LogP contribution in [0, 0.1) is 6.92 Å². The highest BCUT2D eigenvalue weighted by molar-refractivity contribution is 5.77. The first-order valence-corrected chi connectivity index (χ1v) is 9.54. The standard InChI is InChI=1S/C22H26N2O4/c1-16-7-9-20(25)18(13-16)8-10-21(26)24-12-11-23(22(27)28)15-19(24)14-17-5-3-2-4-6-17/h2-7,9,13,19,25H,8,10-12,14-15H2,1H3,(H,27,28). The summed E-state index contributed by atoms with van der Waals surface area (Å²) in [6.45, 7) is 2.97. The topological polar surface area (TPSA) is 81.1 Å². The largest absolute Gasteiger partial charge is 0.508 e. The summed E-state index contributed by atoms with van der Waals surface area (Å²) in [4.78, 5) is 27.5. The molecule has 6 heteroatoms. The maximum atomic E-state index is 12.9. The Morgan fingerprint density at radius 2 is 1.86 bits per heavy atom. The van der Waals surface area contributed by atoms with E-state index in [-0.39, 0.29) is 24.1 Å². The fourth-order valence-corrected chi connectivity index (χ4v) is 3.72. The van der Waals surface area contributed by atoms with Gasteiger partial charge < -0.3 is 20.0 Å². The fraction of sp³-hybridized carbons (Fsp3) is 0.364. The molecule has 0 bridgehead atoms. The Hall–Kier alpha value is -3.02. The van der Waals surface area contributed by atoms with Crippen LogP contribution in [0.1, 0.15) is 23.1 Å². The molecule has 2 N–H and O–H groups in total. The third-order valence-electron chi connectivity index (χ3n) is 5.23. The zero-order chi connectivity index (χ0) is 20.1. The number of rotatable bonds is 5. The molecule has 2 aromatic carbocycles. The van der Waals surface area contributed by atoms with E-state index in [4.69, 9.17) is 0 Å². The monoisotopic (exact) mass is 382 g/mol. The molecule has 6 nitrogen and oxygen atoms in total. The molecule has 148 valence electrons.